The quantitative estimate of drug-likeness (QED) is 0.889. The lowest BCUT2D eigenvalue weighted by Crippen LogP contribution is -2.27. The zero-order valence-corrected chi connectivity index (χ0v) is 12.6. The predicted molar refractivity (Wildman–Crippen MR) is 84.2 cm³/mol. The molecule has 114 valence electrons. The summed E-state index contributed by atoms with van der Waals surface area (Å²) in [7, 11) is -3.71. The van der Waals surface area contributed by atoms with Gasteiger partial charge < -0.3 is 5.32 Å². The number of anilines is 1. The van der Waals surface area contributed by atoms with Crippen molar-refractivity contribution < 1.29 is 13.2 Å². The molecule has 1 fully saturated rings. The second kappa shape index (κ2) is 5.81. The van der Waals surface area contributed by atoms with Gasteiger partial charge in [0.25, 0.3) is 15.9 Å². The second-order valence-electron chi connectivity index (χ2n) is 5.21. The first-order chi connectivity index (χ1) is 10.6. The smallest absolute Gasteiger partial charge is 0.261 e. The molecule has 1 saturated carbocycles. The summed E-state index contributed by atoms with van der Waals surface area (Å²) < 4.78 is 27.2. The highest BCUT2D eigenvalue weighted by Gasteiger charge is 2.25. The van der Waals surface area contributed by atoms with Crippen molar-refractivity contribution in [2.75, 3.05) is 4.72 Å². The fourth-order valence-corrected chi connectivity index (χ4v) is 3.17. The van der Waals surface area contributed by atoms with Gasteiger partial charge in [-0.1, -0.05) is 30.3 Å². The van der Waals surface area contributed by atoms with Crippen molar-refractivity contribution in [1.82, 2.24) is 5.32 Å². The molecule has 2 aromatic rings. The first-order valence-corrected chi connectivity index (χ1v) is 8.52. The van der Waals surface area contributed by atoms with Crippen LogP contribution in [-0.4, -0.2) is 20.4 Å². The minimum absolute atomic E-state index is 0.160. The summed E-state index contributed by atoms with van der Waals surface area (Å²) in [4.78, 5) is 12.4. The van der Waals surface area contributed by atoms with Gasteiger partial charge in [-0.2, -0.15) is 0 Å². The first kappa shape index (κ1) is 14.6. The molecule has 5 nitrogen and oxygen atoms in total. The zero-order chi connectivity index (χ0) is 15.6. The van der Waals surface area contributed by atoms with Crippen molar-refractivity contribution >= 4 is 21.6 Å². The monoisotopic (exact) mass is 316 g/mol. The van der Waals surface area contributed by atoms with Crippen LogP contribution in [0.5, 0.6) is 0 Å². The molecule has 2 aromatic carbocycles. The Morgan fingerprint density at radius 1 is 0.955 bits per heavy atom. The summed E-state index contributed by atoms with van der Waals surface area (Å²) in [5, 5.41) is 2.86. The molecule has 0 heterocycles. The van der Waals surface area contributed by atoms with Crippen LogP contribution >= 0.6 is 0 Å². The maximum absolute atomic E-state index is 12.4. The van der Waals surface area contributed by atoms with E-state index in [1.807, 2.05) is 0 Å². The largest absolute Gasteiger partial charge is 0.349 e. The number of carbonyl (C=O) groups is 1. The molecular formula is C16H16N2O3S. The highest BCUT2D eigenvalue weighted by Crippen LogP contribution is 2.23. The molecular weight excluding hydrogens is 300 g/mol. The van der Waals surface area contributed by atoms with E-state index in [2.05, 4.69) is 10.0 Å². The fourth-order valence-electron chi connectivity index (χ4n) is 2.06. The Morgan fingerprint density at radius 2 is 1.59 bits per heavy atom. The third-order valence-corrected chi connectivity index (χ3v) is 4.76. The van der Waals surface area contributed by atoms with Crippen molar-refractivity contribution in [3.63, 3.8) is 0 Å². The first-order valence-electron chi connectivity index (χ1n) is 7.04. The molecule has 6 heteroatoms. The van der Waals surface area contributed by atoms with Gasteiger partial charge in [0.1, 0.15) is 0 Å². The van der Waals surface area contributed by atoms with Crippen LogP contribution in [0, 0.1) is 0 Å². The zero-order valence-electron chi connectivity index (χ0n) is 11.8. The predicted octanol–water partition coefficient (Wildman–Crippen LogP) is 2.38. The van der Waals surface area contributed by atoms with Crippen LogP contribution in [0.1, 0.15) is 23.2 Å². The number of amides is 1. The van der Waals surface area contributed by atoms with E-state index in [4.69, 9.17) is 0 Å². The van der Waals surface area contributed by atoms with Gasteiger partial charge in [0, 0.05) is 6.04 Å². The van der Waals surface area contributed by atoms with Crippen molar-refractivity contribution in [2.24, 2.45) is 0 Å². The van der Waals surface area contributed by atoms with Gasteiger partial charge in [-0.3, -0.25) is 9.52 Å². The Kier molecular flexibility index (Phi) is 3.85. The third kappa shape index (κ3) is 3.28. The Morgan fingerprint density at radius 3 is 2.27 bits per heavy atom. The van der Waals surface area contributed by atoms with Gasteiger partial charge in [-0.25, -0.2) is 8.42 Å². The van der Waals surface area contributed by atoms with Crippen molar-refractivity contribution in [2.45, 2.75) is 23.8 Å². The number of benzene rings is 2. The minimum atomic E-state index is -3.71. The van der Waals surface area contributed by atoms with Crippen LogP contribution < -0.4 is 10.0 Å². The minimum Gasteiger partial charge on any atom is -0.349 e. The Labute approximate surface area is 129 Å². The summed E-state index contributed by atoms with van der Waals surface area (Å²) in [6.07, 6.45) is 1.95. The lowest BCUT2D eigenvalue weighted by molar-refractivity contribution is 0.0952. The number of carbonyl (C=O) groups excluding carboxylic acids is 1. The molecule has 1 aliphatic carbocycles. The number of hydrogen-bond donors (Lipinski definition) is 2. The molecule has 0 aromatic heterocycles. The standard InChI is InChI=1S/C16H16N2O3S/c19-16(17-12-10-11-12)14-8-4-5-9-15(14)18-22(20,21)13-6-2-1-3-7-13/h1-9,12,18H,10-11H2,(H,17,19). The van der Waals surface area contributed by atoms with Crippen LogP contribution in [0.3, 0.4) is 0 Å². The molecule has 0 aliphatic heterocycles. The maximum Gasteiger partial charge on any atom is 0.261 e. The molecule has 2 N–H and O–H groups in total. The van der Waals surface area contributed by atoms with Crippen molar-refractivity contribution in [3.8, 4) is 0 Å². The van der Waals surface area contributed by atoms with Gasteiger partial charge in [0.2, 0.25) is 0 Å². The fraction of sp³-hybridized carbons (Fsp3) is 0.188. The van der Waals surface area contributed by atoms with Gasteiger partial charge in [-0.05, 0) is 37.1 Å². The van der Waals surface area contributed by atoms with Crippen molar-refractivity contribution in [1.29, 1.82) is 0 Å². The van der Waals surface area contributed by atoms with Crippen molar-refractivity contribution in [3.05, 3.63) is 60.2 Å². The summed E-state index contributed by atoms with van der Waals surface area (Å²) >= 11 is 0. The Hall–Kier alpha value is -2.34. The van der Waals surface area contributed by atoms with E-state index in [0.29, 0.717) is 5.56 Å². The topological polar surface area (TPSA) is 75.3 Å². The molecule has 1 aliphatic rings. The molecule has 0 bridgehead atoms. The number of nitrogens with one attached hydrogen (secondary N) is 2. The number of sulfonamides is 1. The average Bonchev–Trinajstić information content (AvgIpc) is 3.32. The van der Waals surface area contributed by atoms with E-state index in [-0.39, 0.29) is 22.5 Å². The van der Waals surface area contributed by atoms with E-state index >= 15 is 0 Å². The SMILES string of the molecule is O=C(NC1CC1)c1ccccc1NS(=O)(=O)c1ccccc1. The highest BCUT2D eigenvalue weighted by atomic mass is 32.2. The highest BCUT2D eigenvalue weighted by molar-refractivity contribution is 7.92. The van der Waals surface area contributed by atoms with Gasteiger partial charge in [-0.15, -0.1) is 0 Å². The van der Waals surface area contributed by atoms with Crippen LogP contribution in [0.2, 0.25) is 0 Å². The summed E-state index contributed by atoms with van der Waals surface area (Å²) in [5.41, 5.74) is 0.610. The maximum atomic E-state index is 12.4. The average molecular weight is 316 g/mol. The number of para-hydroxylation sites is 1. The molecule has 0 atom stereocenters. The van der Waals surface area contributed by atoms with Gasteiger partial charge in [0.05, 0.1) is 16.1 Å². The molecule has 0 spiro atoms. The summed E-state index contributed by atoms with van der Waals surface area (Å²) in [6.45, 7) is 0. The molecule has 3 rings (SSSR count). The molecule has 0 unspecified atom stereocenters. The molecule has 0 radical (unpaired) electrons. The van der Waals surface area contributed by atoms with E-state index in [1.165, 1.54) is 12.1 Å². The Bertz CT molecular complexity index is 784. The molecule has 0 saturated heterocycles. The number of rotatable bonds is 5. The molecule has 22 heavy (non-hydrogen) atoms. The van der Waals surface area contributed by atoms with E-state index in [9.17, 15) is 13.2 Å². The third-order valence-electron chi connectivity index (χ3n) is 3.38. The summed E-state index contributed by atoms with van der Waals surface area (Å²) in [5.74, 6) is -0.256. The van der Waals surface area contributed by atoms with E-state index in [0.717, 1.165) is 12.8 Å². The van der Waals surface area contributed by atoms with Crippen LogP contribution in [0.25, 0.3) is 0 Å². The number of hydrogen-bond acceptors (Lipinski definition) is 3. The summed E-state index contributed by atoms with van der Waals surface area (Å²) in [6, 6.07) is 14.9. The lowest BCUT2D eigenvalue weighted by Gasteiger charge is -2.12. The molecule has 1 amide bonds. The van der Waals surface area contributed by atoms with E-state index < -0.39 is 10.0 Å². The van der Waals surface area contributed by atoms with Crippen LogP contribution in [0.15, 0.2) is 59.5 Å². The van der Waals surface area contributed by atoms with Gasteiger partial charge in [0.15, 0.2) is 0 Å². The van der Waals surface area contributed by atoms with Gasteiger partial charge >= 0.3 is 0 Å². The van der Waals surface area contributed by atoms with Crippen LogP contribution in [0.4, 0.5) is 5.69 Å². The normalized spacial score (nSPS) is 14.4. The lowest BCUT2D eigenvalue weighted by atomic mass is 10.1. The van der Waals surface area contributed by atoms with E-state index in [1.54, 1.807) is 42.5 Å². The second-order valence-corrected chi connectivity index (χ2v) is 6.89. The Balaban J connectivity index is 1.87. The van der Waals surface area contributed by atoms with Crippen LogP contribution in [-0.2, 0) is 10.0 Å².